The van der Waals surface area contributed by atoms with Crippen molar-refractivity contribution in [2.24, 2.45) is 0 Å². The van der Waals surface area contributed by atoms with Crippen LogP contribution in [0.2, 0.25) is 0 Å². The molecular weight excluding hydrogens is 271 g/mol. The van der Waals surface area contributed by atoms with Crippen molar-refractivity contribution in [2.75, 3.05) is 13.7 Å². The lowest BCUT2D eigenvalue weighted by Gasteiger charge is -2.10. The highest BCUT2D eigenvalue weighted by Gasteiger charge is 2.14. The smallest absolute Gasteiger partial charge is 0.204 e. The van der Waals surface area contributed by atoms with Gasteiger partial charge in [0.05, 0.1) is 12.7 Å². The molecule has 0 spiro atoms. The first kappa shape index (κ1) is 15.0. The molecule has 0 N–H and O–H groups in total. The fourth-order valence-electron chi connectivity index (χ4n) is 1.93. The highest BCUT2D eigenvalue weighted by molar-refractivity contribution is 5.99. The summed E-state index contributed by atoms with van der Waals surface area (Å²) in [6, 6.07) is 9.44. The van der Waals surface area contributed by atoms with E-state index in [2.05, 4.69) is 0 Å². The third-order valence-electron chi connectivity index (χ3n) is 3.31. The molecule has 0 unspecified atom stereocenters. The standard InChI is InChI=1S/C17H17FO3/c1-11-4-6-14(8-12(11)2)21-10-16(19)15-9-13(18)5-7-17(15)20-3/h4-9H,10H2,1-3H3. The Morgan fingerprint density at radius 2 is 1.86 bits per heavy atom. The van der Waals surface area contributed by atoms with E-state index >= 15 is 0 Å². The van der Waals surface area contributed by atoms with Gasteiger partial charge in [-0.2, -0.15) is 0 Å². The largest absolute Gasteiger partial charge is 0.496 e. The van der Waals surface area contributed by atoms with E-state index in [0.29, 0.717) is 11.5 Å². The molecule has 0 aliphatic carbocycles. The van der Waals surface area contributed by atoms with Gasteiger partial charge in [0.2, 0.25) is 5.78 Å². The van der Waals surface area contributed by atoms with Crippen molar-refractivity contribution in [3.05, 3.63) is 58.9 Å². The lowest BCUT2D eigenvalue weighted by atomic mass is 10.1. The molecule has 2 rings (SSSR count). The minimum absolute atomic E-state index is 0.164. The summed E-state index contributed by atoms with van der Waals surface area (Å²) in [5.41, 5.74) is 2.42. The number of hydrogen-bond acceptors (Lipinski definition) is 3. The Kier molecular flexibility index (Phi) is 4.58. The average Bonchev–Trinajstić information content (AvgIpc) is 2.48. The van der Waals surface area contributed by atoms with Crippen molar-refractivity contribution in [3.8, 4) is 11.5 Å². The molecule has 0 atom stereocenters. The number of ketones is 1. The maximum absolute atomic E-state index is 13.3. The Morgan fingerprint density at radius 1 is 1.10 bits per heavy atom. The second-order valence-corrected chi connectivity index (χ2v) is 4.80. The van der Waals surface area contributed by atoms with E-state index in [1.165, 1.54) is 19.2 Å². The van der Waals surface area contributed by atoms with Crippen molar-refractivity contribution in [2.45, 2.75) is 13.8 Å². The molecule has 2 aromatic rings. The zero-order valence-corrected chi connectivity index (χ0v) is 12.3. The fourth-order valence-corrected chi connectivity index (χ4v) is 1.93. The molecule has 2 aromatic carbocycles. The second kappa shape index (κ2) is 6.39. The van der Waals surface area contributed by atoms with Gasteiger partial charge >= 0.3 is 0 Å². The summed E-state index contributed by atoms with van der Waals surface area (Å²) in [4.78, 5) is 12.1. The third kappa shape index (κ3) is 3.60. The highest BCUT2D eigenvalue weighted by Crippen LogP contribution is 2.21. The predicted octanol–water partition coefficient (Wildman–Crippen LogP) is 3.71. The SMILES string of the molecule is COc1ccc(F)cc1C(=O)COc1ccc(C)c(C)c1. The molecule has 0 aromatic heterocycles. The molecule has 110 valence electrons. The Bertz CT molecular complexity index is 665. The van der Waals surface area contributed by atoms with Crippen molar-refractivity contribution in [1.29, 1.82) is 0 Å². The minimum Gasteiger partial charge on any atom is -0.496 e. The fraction of sp³-hybridized carbons (Fsp3) is 0.235. The van der Waals surface area contributed by atoms with Crippen LogP contribution in [0.15, 0.2) is 36.4 Å². The van der Waals surface area contributed by atoms with Gasteiger partial charge in [0, 0.05) is 0 Å². The molecule has 3 nitrogen and oxygen atoms in total. The molecule has 0 aliphatic heterocycles. The number of carbonyl (C=O) groups is 1. The molecule has 21 heavy (non-hydrogen) atoms. The monoisotopic (exact) mass is 288 g/mol. The van der Waals surface area contributed by atoms with Gasteiger partial charge in [0.15, 0.2) is 6.61 Å². The first-order valence-electron chi connectivity index (χ1n) is 6.58. The number of Topliss-reactive ketones (excluding diaryl/α,β-unsaturated/α-hetero) is 1. The van der Waals surface area contributed by atoms with Crippen LogP contribution in [-0.2, 0) is 0 Å². The van der Waals surface area contributed by atoms with Crippen LogP contribution < -0.4 is 9.47 Å². The summed E-state index contributed by atoms with van der Waals surface area (Å²) in [7, 11) is 1.44. The Morgan fingerprint density at radius 3 is 2.52 bits per heavy atom. The number of carbonyl (C=O) groups excluding carboxylic acids is 1. The number of aryl methyl sites for hydroxylation is 2. The lowest BCUT2D eigenvalue weighted by molar-refractivity contribution is 0.0918. The molecule has 0 aliphatic rings. The Labute approximate surface area is 123 Å². The average molecular weight is 288 g/mol. The van der Waals surface area contributed by atoms with E-state index in [9.17, 15) is 9.18 Å². The predicted molar refractivity (Wildman–Crippen MR) is 78.7 cm³/mol. The molecule has 0 fully saturated rings. The molecule has 0 amide bonds. The van der Waals surface area contributed by atoms with Gasteiger partial charge in [-0.05, 0) is 55.3 Å². The van der Waals surface area contributed by atoms with Crippen molar-refractivity contribution in [3.63, 3.8) is 0 Å². The van der Waals surface area contributed by atoms with Crippen LogP contribution in [0.3, 0.4) is 0 Å². The van der Waals surface area contributed by atoms with Gasteiger partial charge in [-0.15, -0.1) is 0 Å². The maximum atomic E-state index is 13.3. The third-order valence-corrected chi connectivity index (χ3v) is 3.31. The molecular formula is C17H17FO3. The Hall–Kier alpha value is -2.36. The van der Waals surface area contributed by atoms with Gasteiger partial charge in [-0.1, -0.05) is 6.07 Å². The first-order chi connectivity index (χ1) is 10.0. The molecule has 0 saturated heterocycles. The van der Waals surface area contributed by atoms with Gasteiger partial charge in [0.1, 0.15) is 17.3 Å². The molecule has 0 bridgehead atoms. The molecule has 0 saturated carbocycles. The van der Waals surface area contributed by atoms with Crippen LogP contribution in [0.25, 0.3) is 0 Å². The van der Waals surface area contributed by atoms with E-state index in [0.717, 1.165) is 17.2 Å². The van der Waals surface area contributed by atoms with E-state index in [1.54, 1.807) is 6.07 Å². The zero-order valence-electron chi connectivity index (χ0n) is 12.3. The quantitative estimate of drug-likeness (QED) is 0.787. The van der Waals surface area contributed by atoms with Crippen LogP contribution in [0.1, 0.15) is 21.5 Å². The summed E-state index contributed by atoms with van der Waals surface area (Å²) in [5.74, 6) is 0.141. The van der Waals surface area contributed by atoms with Crippen LogP contribution in [-0.4, -0.2) is 19.5 Å². The lowest BCUT2D eigenvalue weighted by Crippen LogP contribution is -2.13. The van der Waals surface area contributed by atoms with Gasteiger partial charge in [0.25, 0.3) is 0 Å². The van der Waals surface area contributed by atoms with Crippen LogP contribution in [0.4, 0.5) is 4.39 Å². The van der Waals surface area contributed by atoms with E-state index < -0.39 is 5.82 Å². The normalized spacial score (nSPS) is 10.3. The van der Waals surface area contributed by atoms with Crippen molar-refractivity contribution in [1.82, 2.24) is 0 Å². The molecule has 0 heterocycles. The van der Waals surface area contributed by atoms with E-state index in [1.807, 2.05) is 26.0 Å². The number of rotatable bonds is 5. The second-order valence-electron chi connectivity index (χ2n) is 4.80. The summed E-state index contributed by atoms with van der Waals surface area (Å²) < 4.78 is 23.8. The number of ether oxygens (including phenoxy) is 2. The topological polar surface area (TPSA) is 35.5 Å². The first-order valence-corrected chi connectivity index (χ1v) is 6.58. The molecule has 0 radical (unpaired) electrons. The number of halogens is 1. The van der Waals surface area contributed by atoms with Gasteiger partial charge in [-0.25, -0.2) is 4.39 Å². The van der Waals surface area contributed by atoms with Crippen LogP contribution in [0.5, 0.6) is 11.5 Å². The van der Waals surface area contributed by atoms with Crippen LogP contribution in [0, 0.1) is 19.7 Å². The zero-order chi connectivity index (χ0) is 15.4. The maximum Gasteiger partial charge on any atom is 0.204 e. The van der Waals surface area contributed by atoms with Crippen molar-refractivity contribution >= 4 is 5.78 Å². The van der Waals surface area contributed by atoms with E-state index in [4.69, 9.17) is 9.47 Å². The summed E-state index contributed by atoms with van der Waals surface area (Å²) >= 11 is 0. The Balaban J connectivity index is 2.11. The summed E-state index contributed by atoms with van der Waals surface area (Å²) in [6.07, 6.45) is 0. The van der Waals surface area contributed by atoms with Gasteiger partial charge in [-0.3, -0.25) is 4.79 Å². The number of benzene rings is 2. The number of hydrogen-bond donors (Lipinski definition) is 0. The highest BCUT2D eigenvalue weighted by atomic mass is 19.1. The number of methoxy groups -OCH3 is 1. The van der Waals surface area contributed by atoms with Crippen LogP contribution >= 0.6 is 0 Å². The van der Waals surface area contributed by atoms with Crippen molar-refractivity contribution < 1.29 is 18.7 Å². The minimum atomic E-state index is -0.481. The summed E-state index contributed by atoms with van der Waals surface area (Å²) in [6.45, 7) is 3.81. The van der Waals surface area contributed by atoms with E-state index in [-0.39, 0.29) is 18.0 Å². The summed E-state index contributed by atoms with van der Waals surface area (Å²) in [5, 5.41) is 0. The van der Waals surface area contributed by atoms with Gasteiger partial charge < -0.3 is 9.47 Å². The molecule has 4 heteroatoms.